The highest BCUT2D eigenvalue weighted by Gasteiger charge is 2.32. The van der Waals surface area contributed by atoms with E-state index in [1.54, 1.807) is 23.0 Å². The first-order valence-corrected chi connectivity index (χ1v) is 12.8. The summed E-state index contributed by atoms with van der Waals surface area (Å²) >= 11 is 0. The minimum atomic E-state index is -1.13. The van der Waals surface area contributed by atoms with Crippen LogP contribution in [0.4, 0.5) is 4.39 Å². The Morgan fingerprint density at radius 3 is 2.84 bits per heavy atom. The molecule has 0 radical (unpaired) electrons. The third-order valence-corrected chi connectivity index (χ3v) is 7.31. The number of hydrogen-bond donors (Lipinski definition) is 2. The molecular weight excluding hydrogens is 477 g/mol. The number of ether oxygens (including phenoxy) is 1. The molecule has 0 spiro atoms. The molecule has 10 heteroatoms. The van der Waals surface area contributed by atoms with Gasteiger partial charge in [0.15, 0.2) is 17.3 Å². The summed E-state index contributed by atoms with van der Waals surface area (Å²) in [6.07, 6.45) is 4.69. The van der Waals surface area contributed by atoms with E-state index in [1.807, 2.05) is 19.2 Å². The Hall–Kier alpha value is -3.50. The topological polar surface area (TPSA) is 101 Å². The Morgan fingerprint density at radius 2 is 2.08 bits per heavy atom. The van der Waals surface area contributed by atoms with Crippen LogP contribution >= 0.6 is 0 Å². The molecule has 2 atom stereocenters. The van der Waals surface area contributed by atoms with Gasteiger partial charge in [-0.05, 0) is 56.5 Å². The van der Waals surface area contributed by atoms with Crippen LogP contribution in [0.3, 0.4) is 0 Å². The van der Waals surface area contributed by atoms with Gasteiger partial charge in [-0.1, -0.05) is 23.4 Å². The summed E-state index contributed by atoms with van der Waals surface area (Å²) in [5.41, 5.74) is 2.91. The van der Waals surface area contributed by atoms with Gasteiger partial charge in [-0.25, -0.2) is 4.39 Å². The van der Waals surface area contributed by atoms with Gasteiger partial charge in [0, 0.05) is 30.1 Å². The number of benzene rings is 2. The van der Waals surface area contributed by atoms with Gasteiger partial charge in [0.1, 0.15) is 12.7 Å². The summed E-state index contributed by atoms with van der Waals surface area (Å²) in [4.78, 5) is 21.2. The summed E-state index contributed by atoms with van der Waals surface area (Å²) in [5, 5.41) is 23.6. The fourth-order valence-electron chi connectivity index (χ4n) is 5.19. The van der Waals surface area contributed by atoms with Crippen molar-refractivity contribution in [3.8, 4) is 5.75 Å². The normalized spacial score (nSPS) is 19.2. The van der Waals surface area contributed by atoms with Crippen LogP contribution in [0.15, 0.2) is 41.7 Å². The fraction of sp³-hybridized carbons (Fsp3) is 0.444. The summed E-state index contributed by atoms with van der Waals surface area (Å²) in [5.74, 6) is -0.792. The number of carbonyl (C=O) groups is 1. The number of rotatable bonds is 8. The number of aliphatic hydroxyl groups excluding tert-OH is 1. The van der Waals surface area contributed by atoms with Crippen LogP contribution in [0.1, 0.15) is 48.5 Å². The average Bonchev–Trinajstić information content (AvgIpc) is 3.41. The third kappa shape index (κ3) is 4.78. The molecule has 0 unspecified atom stereocenters. The summed E-state index contributed by atoms with van der Waals surface area (Å²) in [7, 11) is 1.84. The molecule has 1 aromatic heterocycles. The van der Waals surface area contributed by atoms with Crippen LogP contribution in [0.5, 0.6) is 5.75 Å². The molecule has 37 heavy (non-hydrogen) atoms. The van der Waals surface area contributed by atoms with Crippen LogP contribution < -0.4 is 10.1 Å². The molecule has 1 aliphatic carbocycles. The number of nitrogens with zero attached hydrogens (tertiary/aromatic N) is 4. The van der Waals surface area contributed by atoms with E-state index in [-0.39, 0.29) is 24.2 Å². The number of aromatic nitrogens is 2. The number of likely N-dealkylation sites (tertiary alicyclic amines) is 1. The number of oxime groups is 1. The van der Waals surface area contributed by atoms with Crippen LogP contribution in [0.25, 0.3) is 10.9 Å². The molecule has 1 amide bonds. The summed E-state index contributed by atoms with van der Waals surface area (Å²) in [6.45, 7) is 2.42. The SMILES string of the molecule is Cn1ncc2ccc3c(c21)CON=C3C(=O)N[C@H](CN1CCCC1)[C@H](O)c1ccc(OC2CC2)c(F)c1. The number of fused-ring (bicyclic) bond motifs is 3. The second-order valence-corrected chi connectivity index (χ2v) is 10.1. The van der Waals surface area contributed by atoms with E-state index in [0.29, 0.717) is 17.7 Å². The van der Waals surface area contributed by atoms with E-state index < -0.39 is 23.9 Å². The quantitative estimate of drug-likeness (QED) is 0.486. The average molecular weight is 508 g/mol. The van der Waals surface area contributed by atoms with Crippen molar-refractivity contribution < 1.29 is 23.9 Å². The molecule has 1 saturated heterocycles. The van der Waals surface area contributed by atoms with Crippen LogP contribution in [-0.4, -0.2) is 63.2 Å². The second-order valence-electron chi connectivity index (χ2n) is 10.1. The first-order chi connectivity index (χ1) is 18.0. The Balaban J connectivity index is 1.26. The van der Waals surface area contributed by atoms with Crippen molar-refractivity contribution in [2.45, 2.75) is 50.5 Å². The molecule has 1 saturated carbocycles. The van der Waals surface area contributed by atoms with Crippen molar-refractivity contribution >= 4 is 22.5 Å². The zero-order chi connectivity index (χ0) is 25.5. The van der Waals surface area contributed by atoms with Gasteiger partial charge >= 0.3 is 0 Å². The van der Waals surface area contributed by atoms with Crippen LogP contribution in [0.2, 0.25) is 0 Å². The third-order valence-electron chi connectivity index (χ3n) is 7.31. The van der Waals surface area contributed by atoms with E-state index in [9.17, 15) is 14.3 Å². The number of aryl methyl sites for hydroxylation is 1. The maximum absolute atomic E-state index is 14.7. The van der Waals surface area contributed by atoms with Gasteiger partial charge in [-0.3, -0.25) is 9.48 Å². The molecule has 3 aliphatic rings. The molecule has 9 nitrogen and oxygen atoms in total. The van der Waals surface area contributed by atoms with E-state index >= 15 is 0 Å². The summed E-state index contributed by atoms with van der Waals surface area (Å²) < 4.78 is 22.1. The van der Waals surface area contributed by atoms with Gasteiger partial charge in [0.25, 0.3) is 5.91 Å². The molecule has 2 fully saturated rings. The minimum absolute atomic E-state index is 0.0708. The Bertz CT molecular complexity index is 1360. The fourth-order valence-corrected chi connectivity index (χ4v) is 5.19. The van der Waals surface area contributed by atoms with Crippen LogP contribution in [0, 0.1) is 5.82 Å². The molecular formula is C27H30FN5O4. The van der Waals surface area contributed by atoms with Crippen molar-refractivity contribution in [2.75, 3.05) is 19.6 Å². The lowest BCUT2D eigenvalue weighted by Gasteiger charge is -2.29. The first-order valence-electron chi connectivity index (χ1n) is 12.8. The number of amides is 1. The standard InChI is InChI=1S/C27H30FN5O4/c1-32-25-17(13-29-32)4-8-19-20(25)15-36-31-24(19)27(35)30-22(14-33-10-2-3-11-33)26(34)16-5-9-23(21(28)12-16)37-18-6-7-18/h4-5,8-9,12-13,18,22,26,34H,2-3,6-7,10-11,14-15H2,1H3,(H,30,35)/t22-,26-/m1/s1. The lowest BCUT2D eigenvalue weighted by Crippen LogP contribution is -2.49. The van der Waals surface area contributed by atoms with E-state index in [4.69, 9.17) is 9.57 Å². The van der Waals surface area contributed by atoms with Crippen molar-refractivity contribution in [2.24, 2.45) is 12.2 Å². The van der Waals surface area contributed by atoms with E-state index in [2.05, 4.69) is 20.5 Å². The number of nitrogens with one attached hydrogen (secondary N) is 1. The lowest BCUT2D eigenvalue weighted by atomic mass is 9.97. The molecule has 6 rings (SSSR count). The predicted octanol–water partition coefficient (Wildman–Crippen LogP) is 2.80. The maximum Gasteiger partial charge on any atom is 0.274 e. The first kappa shape index (κ1) is 23.9. The van der Waals surface area contributed by atoms with Gasteiger partial charge < -0.3 is 24.9 Å². The molecule has 2 aromatic carbocycles. The molecule has 0 bridgehead atoms. The van der Waals surface area contributed by atoms with E-state index in [1.165, 1.54) is 6.07 Å². The molecule has 3 aromatic rings. The highest BCUT2D eigenvalue weighted by atomic mass is 19.1. The Morgan fingerprint density at radius 1 is 1.27 bits per heavy atom. The summed E-state index contributed by atoms with van der Waals surface area (Å²) in [6, 6.07) is 7.56. The zero-order valence-corrected chi connectivity index (χ0v) is 20.7. The number of aliphatic hydroxyl groups is 1. The molecule has 2 N–H and O–H groups in total. The largest absolute Gasteiger partial charge is 0.487 e. The molecule has 194 valence electrons. The molecule has 2 aliphatic heterocycles. The van der Waals surface area contributed by atoms with Gasteiger partial charge in [0.2, 0.25) is 0 Å². The minimum Gasteiger partial charge on any atom is -0.487 e. The Labute approximate surface area is 213 Å². The number of carbonyl (C=O) groups excluding carboxylic acids is 1. The zero-order valence-electron chi connectivity index (χ0n) is 20.7. The van der Waals surface area contributed by atoms with Gasteiger partial charge in [0.05, 0.1) is 23.9 Å². The van der Waals surface area contributed by atoms with Crippen molar-refractivity contribution in [3.05, 3.63) is 59.0 Å². The monoisotopic (exact) mass is 507 g/mol. The van der Waals surface area contributed by atoms with Crippen molar-refractivity contribution in [1.82, 2.24) is 20.0 Å². The number of hydrogen-bond acceptors (Lipinski definition) is 7. The van der Waals surface area contributed by atoms with Crippen molar-refractivity contribution in [3.63, 3.8) is 0 Å². The lowest BCUT2D eigenvalue weighted by molar-refractivity contribution is -0.116. The van der Waals surface area contributed by atoms with E-state index in [0.717, 1.165) is 55.2 Å². The molecule has 3 heterocycles. The Kier molecular flexibility index (Phi) is 6.29. The highest BCUT2D eigenvalue weighted by Crippen LogP contribution is 2.31. The maximum atomic E-state index is 14.7. The number of halogens is 1. The predicted molar refractivity (Wildman–Crippen MR) is 135 cm³/mol. The van der Waals surface area contributed by atoms with Gasteiger partial charge in [-0.2, -0.15) is 5.10 Å². The van der Waals surface area contributed by atoms with Crippen molar-refractivity contribution in [1.29, 1.82) is 0 Å². The smallest absolute Gasteiger partial charge is 0.274 e. The second kappa shape index (κ2) is 9.75. The van der Waals surface area contributed by atoms with Gasteiger partial charge in [-0.15, -0.1) is 0 Å². The highest BCUT2D eigenvalue weighted by molar-refractivity contribution is 6.46. The van der Waals surface area contributed by atoms with Crippen LogP contribution in [-0.2, 0) is 23.3 Å².